The number of carbonyl (C=O) groups excluding carboxylic acids is 2. The monoisotopic (exact) mass is 332 g/mol. The van der Waals surface area contributed by atoms with Crippen LogP contribution in [0.2, 0.25) is 0 Å². The van der Waals surface area contributed by atoms with Gasteiger partial charge in [-0.25, -0.2) is 0 Å². The molecule has 6 nitrogen and oxygen atoms in total. The SMILES string of the molecule is Cc1ccc(N2C[C@H](C(=O)N[C@H]3C[C@H](CO)[C@H](O)C3)CC2=O)cc1. The first-order valence-corrected chi connectivity index (χ1v) is 8.44. The second-order valence-electron chi connectivity index (χ2n) is 6.93. The fourth-order valence-electron chi connectivity index (χ4n) is 3.59. The average Bonchev–Trinajstić information content (AvgIpc) is 3.11. The minimum atomic E-state index is -0.574. The normalized spacial score (nSPS) is 30.0. The minimum absolute atomic E-state index is 0.0429. The van der Waals surface area contributed by atoms with Crippen molar-refractivity contribution >= 4 is 17.5 Å². The Bertz CT molecular complexity index is 616. The van der Waals surface area contributed by atoms with Crippen molar-refractivity contribution in [1.82, 2.24) is 5.32 Å². The fraction of sp³-hybridized carbons (Fsp3) is 0.556. The molecular formula is C18H24N2O4. The van der Waals surface area contributed by atoms with Crippen molar-refractivity contribution in [2.24, 2.45) is 11.8 Å². The lowest BCUT2D eigenvalue weighted by molar-refractivity contribution is -0.126. The number of hydrogen-bond donors (Lipinski definition) is 3. The Labute approximate surface area is 141 Å². The summed E-state index contributed by atoms with van der Waals surface area (Å²) in [6.07, 6.45) is 0.665. The summed E-state index contributed by atoms with van der Waals surface area (Å²) in [6.45, 7) is 2.30. The molecule has 0 radical (unpaired) electrons. The van der Waals surface area contributed by atoms with Crippen LogP contribution in [0, 0.1) is 18.8 Å². The standard InChI is InChI=1S/C18H24N2O4/c1-11-2-4-15(5-3-11)20-9-12(7-17(20)23)18(24)19-14-6-13(10-21)16(22)8-14/h2-5,12-14,16,21-22H,6-10H2,1H3,(H,19,24)/t12-,13-,14+,16-/m1/s1. The maximum absolute atomic E-state index is 12.4. The van der Waals surface area contributed by atoms with Crippen LogP contribution in [-0.2, 0) is 9.59 Å². The Hall–Kier alpha value is -1.92. The number of hydrogen-bond acceptors (Lipinski definition) is 4. The molecule has 1 aliphatic carbocycles. The highest BCUT2D eigenvalue weighted by Crippen LogP contribution is 2.28. The van der Waals surface area contributed by atoms with Crippen LogP contribution in [-0.4, -0.2) is 47.3 Å². The first-order chi connectivity index (χ1) is 11.5. The number of amides is 2. The second-order valence-corrected chi connectivity index (χ2v) is 6.93. The lowest BCUT2D eigenvalue weighted by Crippen LogP contribution is -2.39. The van der Waals surface area contributed by atoms with E-state index in [2.05, 4.69) is 5.32 Å². The number of anilines is 1. The topological polar surface area (TPSA) is 89.9 Å². The van der Waals surface area contributed by atoms with E-state index in [9.17, 15) is 19.8 Å². The van der Waals surface area contributed by atoms with Gasteiger partial charge in [-0.1, -0.05) is 17.7 Å². The zero-order valence-electron chi connectivity index (χ0n) is 13.8. The lowest BCUT2D eigenvalue weighted by atomic mass is 10.1. The van der Waals surface area contributed by atoms with Gasteiger partial charge in [-0.3, -0.25) is 9.59 Å². The predicted octanol–water partition coefficient (Wildman–Crippen LogP) is 0.596. The van der Waals surface area contributed by atoms with Gasteiger partial charge in [0, 0.05) is 37.2 Å². The summed E-state index contributed by atoms with van der Waals surface area (Å²) in [5, 5.41) is 21.9. The molecule has 0 aromatic heterocycles. The summed E-state index contributed by atoms with van der Waals surface area (Å²) in [7, 11) is 0. The van der Waals surface area contributed by atoms with Crippen molar-refractivity contribution in [3.8, 4) is 0 Å². The van der Waals surface area contributed by atoms with Crippen molar-refractivity contribution in [2.75, 3.05) is 18.1 Å². The number of aliphatic hydroxyl groups excluding tert-OH is 2. The molecule has 1 saturated heterocycles. The predicted molar refractivity (Wildman–Crippen MR) is 89.4 cm³/mol. The van der Waals surface area contributed by atoms with Gasteiger partial charge in [0.05, 0.1) is 12.0 Å². The molecule has 24 heavy (non-hydrogen) atoms. The first-order valence-electron chi connectivity index (χ1n) is 8.44. The number of nitrogens with zero attached hydrogens (tertiary/aromatic N) is 1. The second kappa shape index (κ2) is 6.91. The summed E-state index contributed by atoms with van der Waals surface area (Å²) in [5.74, 6) is -0.735. The highest BCUT2D eigenvalue weighted by atomic mass is 16.3. The molecule has 2 amide bonds. The van der Waals surface area contributed by atoms with E-state index < -0.39 is 6.10 Å². The number of carbonyl (C=O) groups is 2. The van der Waals surface area contributed by atoms with Crippen molar-refractivity contribution < 1.29 is 19.8 Å². The van der Waals surface area contributed by atoms with Gasteiger partial charge in [-0.2, -0.15) is 0 Å². The van der Waals surface area contributed by atoms with Gasteiger partial charge >= 0.3 is 0 Å². The lowest BCUT2D eigenvalue weighted by Gasteiger charge is -2.18. The van der Waals surface area contributed by atoms with E-state index >= 15 is 0 Å². The number of rotatable bonds is 4. The molecule has 2 fully saturated rings. The molecule has 4 atom stereocenters. The zero-order chi connectivity index (χ0) is 17.3. The minimum Gasteiger partial charge on any atom is -0.396 e. The van der Waals surface area contributed by atoms with Crippen molar-refractivity contribution in [2.45, 2.75) is 38.3 Å². The maximum Gasteiger partial charge on any atom is 0.227 e. The van der Waals surface area contributed by atoms with Crippen molar-refractivity contribution in [3.05, 3.63) is 29.8 Å². The molecule has 130 valence electrons. The largest absolute Gasteiger partial charge is 0.396 e. The molecule has 1 aliphatic heterocycles. The van der Waals surface area contributed by atoms with Gasteiger partial charge in [0.25, 0.3) is 0 Å². The van der Waals surface area contributed by atoms with Gasteiger partial charge in [-0.05, 0) is 31.9 Å². The van der Waals surface area contributed by atoms with E-state index in [0.29, 0.717) is 19.4 Å². The molecule has 3 N–H and O–H groups in total. The Morgan fingerprint density at radius 2 is 2.00 bits per heavy atom. The van der Waals surface area contributed by atoms with Crippen LogP contribution in [0.15, 0.2) is 24.3 Å². The van der Waals surface area contributed by atoms with Gasteiger partial charge < -0.3 is 20.4 Å². The average molecular weight is 332 g/mol. The summed E-state index contributed by atoms with van der Waals surface area (Å²) >= 11 is 0. The van der Waals surface area contributed by atoms with Crippen molar-refractivity contribution in [1.29, 1.82) is 0 Å². The van der Waals surface area contributed by atoms with E-state index in [-0.39, 0.29) is 42.7 Å². The molecule has 1 saturated carbocycles. The molecule has 2 aliphatic rings. The third-order valence-corrected chi connectivity index (χ3v) is 5.08. The Morgan fingerprint density at radius 3 is 2.62 bits per heavy atom. The smallest absolute Gasteiger partial charge is 0.227 e. The van der Waals surface area contributed by atoms with Crippen LogP contribution in [0.5, 0.6) is 0 Å². The third-order valence-electron chi connectivity index (χ3n) is 5.08. The zero-order valence-corrected chi connectivity index (χ0v) is 13.8. The summed E-state index contributed by atoms with van der Waals surface area (Å²) in [4.78, 5) is 26.3. The first kappa shape index (κ1) is 16.9. The van der Waals surface area contributed by atoms with Crippen LogP contribution in [0.25, 0.3) is 0 Å². The molecule has 1 aromatic carbocycles. The van der Waals surface area contributed by atoms with Gasteiger partial charge in [-0.15, -0.1) is 0 Å². The Balaban J connectivity index is 1.59. The van der Waals surface area contributed by atoms with Gasteiger partial charge in [0.1, 0.15) is 0 Å². The molecule has 0 bridgehead atoms. The van der Waals surface area contributed by atoms with Crippen molar-refractivity contribution in [3.63, 3.8) is 0 Å². The quantitative estimate of drug-likeness (QED) is 0.753. The van der Waals surface area contributed by atoms with Crippen LogP contribution >= 0.6 is 0 Å². The summed E-state index contributed by atoms with van der Waals surface area (Å²) in [5.41, 5.74) is 1.94. The van der Waals surface area contributed by atoms with E-state index in [1.165, 1.54) is 0 Å². The van der Waals surface area contributed by atoms with Crippen LogP contribution < -0.4 is 10.2 Å². The molecule has 0 unspecified atom stereocenters. The number of aryl methyl sites for hydroxylation is 1. The van der Waals surface area contributed by atoms with Gasteiger partial charge in [0.15, 0.2) is 0 Å². The molecule has 0 spiro atoms. The highest BCUT2D eigenvalue weighted by Gasteiger charge is 2.38. The van der Waals surface area contributed by atoms with Crippen LogP contribution in [0.1, 0.15) is 24.8 Å². The van der Waals surface area contributed by atoms with E-state index in [1.807, 2.05) is 31.2 Å². The third kappa shape index (κ3) is 3.44. The summed E-state index contributed by atoms with van der Waals surface area (Å²) in [6, 6.07) is 7.56. The molecule has 1 heterocycles. The highest BCUT2D eigenvalue weighted by molar-refractivity contribution is 6.00. The molecule has 3 rings (SSSR count). The van der Waals surface area contributed by atoms with E-state index in [4.69, 9.17) is 0 Å². The summed E-state index contributed by atoms with van der Waals surface area (Å²) < 4.78 is 0. The molecule has 6 heteroatoms. The van der Waals surface area contributed by atoms with Crippen LogP contribution in [0.4, 0.5) is 5.69 Å². The van der Waals surface area contributed by atoms with E-state index in [1.54, 1.807) is 4.90 Å². The Kier molecular flexibility index (Phi) is 4.87. The van der Waals surface area contributed by atoms with Crippen LogP contribution in [0.3, 0.4) is 0 Å². The number of aliphatic hydroxyl groups is 2. The molecule has 1 aromatic rings. The fourth-order valence-corrected chi connectivity index (χ4v) is 3.59. The Morgan fingerprint density at radius 1 is 1.29 bits per heavy atom. The maximum atomic E-state index is 12.4. The number of nitrogens with one attached hydrogen (secondary N) is 1. The van der Waals surface area contributed by atoms with Gasteiger partial charge in [0.2, 0.25) is 11.8 Å². The van der Waals surface area contributed by atoms with E-state index in [0.717, 1.165) is 11.3 Å². The number of benzene rings is 1. The molecular weight excluding hydrogens is 308 g/mol.